The molecule has 0 aliphatic rings. The van der Waals surface area contributed by atoms with Gasteiger partial charge in [0.05, 0.1) is 22.3 Å². The van der Waals surface area contributed by atoms with Crippen LogP contribution in [-0.4, -0.2) is 19.6 Å². The molecule has 9 rings (SSSR count). The second-order valence-electron chi connectivity index (χ2n) is 19.6. The molecule has 4 nitrogen and oxygen atoms in total. The van der Waals surface area contributed by atoms with Gasteiger partial charge in [0, 0.05) is 50.9 Å². The van der Waals surface area contributed by atoms with Crippen LogP contribution < -0.4 is 0 Å². The second kappa shape index (κ2) is 18.0. The molecule has 9 aromatic rings. The van der Waals surface area contributed by atoms with Gasteiger partial charge in [-0.1, -0.05) is 188 Å². The summed E-state index contributed by atoms with van der Waals surface area (Å²) in [5.41, 5.74) is 11.5. The SMILES string of the molecule is [2H]C([2H])([2H])C(c1ccc(-c2ccnc(-c3[c-]c(-c4cccc5c4nc(-c4cc(C)cc(C)c4O)n5-c4ccc(C(C)(C)C)cc4-c4ccc(C(C)(C)C)cc4)cc(-c4ccccc4)c3)c2)cc1)(C([2H])([2H])[2H])C([2H])([2H])[2H].[Pt]. The molecule has 0 saturated heterocycles. The van der Waals surface area contributed by atoms with E-state index in [9.17, 15) is 5.11 Å². The topological polar surface area (TPSA) is 50.9 Å². The quantitative estimate of drug-likeness (QED) is 0.162. The van der Waals surface area contributed by atoms with Crippen molar-refractivity contribution in [3.8, 4) is 78.6 Å². The largest absolute Gasteiger partial charge is 0.507 e. The zero-order chi connectivity index (χ0) is 54.2. The molecule has 0 bridgehead atoms. The van der Waals surface area contributed by atoms with Gasteiger partial charge in [-0.3, -0.25) is 9.55 Å². The summed E-state index contributed by atoms with van der Waals surface area (Å²) in [6, 6.07) is 52.7. The molecule has 2 heterocycles. The Morgan fingerprint density at radius 3 is 1.84 bits per heavy atom. The Kier molecular flexibility index (Phi) is 9.89. The summed E-state index contributed by atoms with van der Waals surface area (Å²) in [5, 5.41) is 11.9. The van der Waals surface area contributed by atoms with E-state index in [4.69, 9.17) is 22.3 Å². The van der Waals surface area contributed by atoms with Gasteiger partial charge >= 0.3 is 0 Å². The van der Waals surface area contributed by atoms with Crippen LogP contribution in [-0.2, 0) is 37.3 Å². The number of phenolic OH excluding ortho intramolecular Hbond substituents is 1. The summed E-state index contributed by atoms with van der Waals surface area (Å²) < 4.78 is 76.1. The number of imidazole rings is 1. The normalized spacial score (nSPS) is 14.6. The Morgan fingerprint density at radius 1 is 0.537 bits per heavy atom. The van der Waals surface area contributed by atoms with Gasteiger partial charge in [0.1, 0.15) is 11.6 Å². The van der Waals surface area contributed by atoms with Crippen molar-refractivity contribution in [1.29, 1.82) is 0 Å². The minimum Gasteiger partial charge on any atom is -0.507 e. The van der Waals surface area contributed by atoms with Crippen molar-refractivity contribution in [3.05, 3.63) is 192 Å². The first-order valence-corrected chi connectivity index (χ1v) is 22.4. The number of fused-ring (bicyclic) bond motifs is 1. The predicted molar refractivity (Wildman–Crippen MR) is 278 cm³/mol. The predicted octanol–water partition coefficient (Wildman–Crippen LogP) is 16.4. The number of nitrogens with zero attached hydrogens (tertiary/aromatic N) is 3. The fourth-order valence-corrected chi connectivity index (χ4v) is 8.77. The van der Waals surface area contributed by atoms with Gasteiger partial charge in [-0.25, -0.2) is 4.98 Å². The van der Waals surface area contributed by atoms with Gasteiger partial charge in [-0.2, -0.15) is 0 Å². The summed E-state index contributed by atoms with van der Waals surface area (Å²) in [5.74, 6) is 0.722. The van der Waals surface area contributed by atoms with Crippen LogP contribution in [0.15, 0.2) is 158 Å². The van der Waals surface area contributed by atoms with Gasteiger partial charge in [0.2, 0.25) is 0 Å². The Balaban J connectivity index is 0.00000765. The monoisotopic (exact) mass is 1070 g/mol. The molecule has 0 unspecified atom stereocenters. The average molecular weight is 1070 g/mol. The van der Waals surface area contributed by atoms with Crippen LogP contribution in [0, 0.1) is 19.9 Å². The van der Waals surface area contributed by atoms with Gasteiger partial charge in [-0.05, 0) is 110 Å². The average Bonchev–Trinajstić information content (AvgIpc) is 3.74. The molecule has 5 heteroatoms. The zero-order valence-corrected chi connectivity index (χ0v) is 41.4. The first-order valence-electron chi connectivity index (χ1n) is 26.9. The molecule has 1 N–H and O–H groups in total. The number of aromatic hydroxyl groups is 1. The molecular formula is C62H60N3OPt-. The molecule has 340 valence electrons. The number of para-hydroxylation sites is 1. The van der Waals surface area contributed by atoms with Crippen LogP contribution in [0.25, 0.3) is 83.9 Å². The van der Waals surface area contributed by atoms with Crippen LogP contribution in [0.3, 0.4) is 0 Å². The second-order valence-corrected chi connectivity index (χ2v) is 19.6. The molecule has 2 aromatic heterocycles. The molecule has 0 radical (unpaired) electrons. The fraction of sp³-hybridized carbons (Fsp3) is 0.226. The first-order chi connectivity index (χ1) is 35.1. The Labute approximate surface area is 424 Å². The zero-order valence-electron chi connectivity index (χ0n) is 48.1. The van der Waals surface area contributed by atoms with Crippen molar-refractivity contribution < 1.29 is 38.5 Å². The Morgan fingerprint density at radius 2 is 1.16 bits per heavy atom. The van der Waals surface area contributed by atoms with Crippen LogP contribution >= 0.6 is 0 Å². The minimum absolute atomic E-state index is 0. The van der Waals surface area contributed by atoms with E-state index in [-0.39, 0.29) is 43.2 Å². The van der Waals surface area contributed by atoms with E-state index in [1.165, 1.54) is 23.3 Å². The van der Waals surface area contributed by atoms with Crippen molar-refractivity contribution in [3.63, 3.8) is 0 Å². The van der Waals surface area contributed by atoms with E-state index in [1.807, 2.05) is 80.6 Å². The van der Waals surface area contributed by atoms with E-state index in [2.05, 4.69) is 107 Å². The van der Waals surface area contributed by atoms with Crippen LogP contribution in [0.2, 0.25) is 0 Å². The van der Waals surface area contributed by atoms with E-state index in [1.54, 1.807) is 24.4 Å². The number of aromatic nitrogens is 3. The van der Waals surface area contributed by atoms with E-state index in [0.717, 1.165) is 55.7 Å². The van der Waals surface area contributed by atoms with Crippen molar-refractivity contribution >= 4 is 11.0 Å². The third kappa shape index (κ3) is 9.47. The smallest absolute Gasteiger partial charge is 0.148 e. The number of aryl methyl sites for hydroxylation is 2. The van der Waals surface area contributed by atoms with Crippen LogP contribution in [0.4, 0.5) is 0 Å². The summed E-state index contributed by atoms with van der Waals surface area (Å²) >= 11 is 0. The van der Waals surface area contributed by atoms with Gasteiger partial charge in [0.15, 0.2) is 0 Å². The molecule has 0 amide bonds. The maximum absolute atomic E-state index is 11.9. The third-order valence-corrected chi connectivity index (χ3v) is 12.5. The summed E-state index contributed by atoms with van der Waals surface area (Å²) in [6.07, 6.45) is 1.66. The maximum atomic E-state index is 11.9. The number of phenols is 1. The molecule has 0 aliphatic heterocycles. The number of benzene rings is 7. The van der Waals surface area contributed by atoms with Crippen molar-refractivity contribution in [1.82, 2.24) is 14.5 Å². The van der Waals surface area contributed by atoms with Crippen LogP contribution in [0.1, 0.15) is 102 Å². The Bertz CT molecular complexity index is 3570. The number of hydrogen-bond acceptors (Lipinski definition) is 3. The molecular weight excluding hydrogens is 998 g/mol. The fourth-order valence-electron chi connectivity index (χ4n) is 8.77. The Hall–Kier alpha value is -6.35. The van der Waals surface area contributed by atoms with E-state index < -0.39 is 26.0 Å². The number of rotatable bonds is 7. The van der Waals surface area contributed by atoms with E-state index >= 15 is 0 Å². The molecule has 0 atom stereocenters. The van der Waals surface area contributed by atoms with Gasteiger partial charge < -0.3 is 5.11 Å². The molecule has 0 fully saturated rings. The van der Waals surface area contributed by atoms with E-state index in [0.29, 0.717) is 39.3 Å². The van der Waals surface area contributed by atoms with Crippen LogP contribution in [0.5, 0.6) is 5.75 Å². The van der Waals surface area contributed by atoms with Crippen molar-refractivity contribution in [2.75, 3.05) is 0 Å². The van der Waals surface area contributed by atoms with Gasteiger partial charge in [-0.15, -0.1) is 23.8 Å². The maximum Gasteiger partial charge on any atom is 0.148 e. The van der Waals surface area contributed by atoms with Gasteiger partial charge in [0.25, 0.3) is 0 Å². The standard InChI is InChI=1S/C62H60N3O.Pt/c1-39-32-40(2)58(66)53(33-39)59-64-57-51(18-15-19-56(57)65(59)55-29-28-50(62(9,10)11)38-52(55)43-22-26-49(27-23-43)61(6,7)8)46-34-45(41-16-13-12-14-17-41)35-47(36-46)54-37-44(30-31-63-54)42-20-24-48(25-21-42)60(3,4)5;/h12-35,37-38,66H,1-11H3;/q-1;/i3D3,4D3,5D3;. The molecule has 0 spiro atoms. The number of hydrogen-bond donors (Lipinski definition) is 1. The molecule has 67 heavy (non-hydrogen) atoms. The molecule has 0 saturated carbocycles. The summed E-state index contributed by atoms with van der Waals surface area (Å²) in [6.45, 7) is 7.07. The third-order valence-electron chi connectivity index (χ3n) is 12.5. The summed E-state index contributed by atoms with van der Waals surface area (Å²) in [4.78, 5) is 10.3. The molecule has 7 aromatic carbocycles. The number of pyridine rings is 1. The molecule has 0 aliphatic carbocycles. The van der Waals surface area contributed by atoms with Crippen molar-refractivity contribution in [2.45, 2.75) is 92.2 Å². The first kappa shape index (κ1) is 36.7. The minimum atomic E-state index is -3.38. The summed E-state index contributed by atoms with van der Waals surface area (Å²) in [7, 11) is 0. The van der Waals surface area contributed by atoms with Crippen molar-refractivity contribution in [2.24, 2.45) is 0 Å².